The van der Waals surface area contributed by atoms with Crippen molar-refractivity contribution in [2.45, 2.75) is 12.5 Å². The smallest absolute Gasteiger partial charge is 0.250 e. The Morgan fingerprint density at radius 3 is 2.50 bits per heavy atom. The molecule has 0 spiro atoms. The highest BCUT2D eigenvalue weighted by Crippen LogP contribution is 2.08. The number of ether oxygens (including phenoxy) is 1. The van der Waals surface area contributed by atoms with Crippen LogP contribution in [0.15, 0.2) is 30.3 Å². The number of hydrogen-bond acceptors (Lipinski definition) is 3. The Morgan fingerprint density at radius 1 is 1.19 bits per heavy atom. The van der Waals surface area contributed by atoms with Crippen LogP contribution in [-0.2, 0) is 0 Å². The summed E-state index contributed by atoms with van der Waals surface area (Å²) in [6.07, 6.45) is -3.19. The lowest BCUT2D eigenvalue weighted by molar-refractivity contribution is 0.0951. The predicted octanol–water partition coefficient (Wildman–Crippen LogP) is 1.28. The molecule has 1 atom stereocenters. The molecule has 0 saturated carbocycles. The van der Waals surface area contributed by atoms with E-state index in [-0.39, 0.29) is 13.2 Å². The van der Waals surface area contributed by atoms with E-state index in [0.717, 1.165) is 0 Å². The molecule has 90 valence electrons. The lowest BCUT2D eigenvalue weighted by Gasteiger charge is -2.12. The summed E-state index contributed by atoms with van der Waals surface area (Å²) >= 11 is 0. The number of para-hydroxylation sites is 1. The van der Waals surface area contributed by atoms with Crippen LogP contribution in [0.2, 0.25) is 0 Å². The van der Waals surface area contributed by atoms with E-state index < -0.39 is 19.1 Å². The zero-order valence-electron chi connectivity index (χ0n) is 8.77. The van der Waals surface area contributed by atoms with Crippen LogP contribution in [0.3, 0.4) is 0 Å². The van der Waals surface area contributed by atoms with Gasteiger partial charge in [-0.05, 0) is 12.1 Å². The zero-order chi connectivity index (χ0) is 11.8. The van der Waals surface area contributed by atoms with Gasteiger partial charge < -0.3 is 15.2 Å². The Kier molecular flexibility index (Phi) is 5.74. The van der Waals surface area contributed by atoms with Crippen molar-refractivity contribution in [1.82, 2.24) is 5.32 Å². The normalized spacial score (nSPS) is 12.8. The van der Waals surface area contributed by atoms with Gasteiger partial charge in [0.05, 0.1) is 6.54 Å². The number of rotatable bonds is 7. The van der Waals surface area contributed by atoms with E-state index in [2.05, 4.69) is 5.32 Å². The maximum atomic E-state index is 11.8. The van der Waals surface area contributed by atoms with Crippen LogP contribution in [0.5, 0.6) is 5.75 Å². The fraction of sp³-hybridized carbons (Fsp3) is 0.455. The van der Waals surface area contributed by atoms with Crippen molar-refractivity contribution in [2.75, 3.05) is 19.7 Å². The second kappa shape index (κ2) is 7.14. The minimum absolute atomic E-state index is 0.0836. The fourth-order valence-corrected chi connectivity index (χ4v) is 1.13. The number of benzene rings is 1. The third-order valence-electron chi connectivity index (χ3n) is 1.86. The summed E-state index contributed by atoms with van der Waals surface area (Å²) in [5.41, 5.74) is 0. The summed E-state index contributed by atoms with van der Waals surface area (Å²) in [5.74, 6) is 0.649. The van der Waals surface area contributed by atoms with Crippen molar-refractivity contribution in [3.63, 3.8) is 0 Å². The Balaban J connectivity index is 2.13. The van der Waals surface area contributed by atoms with Crippen LogP contribution in [0, 0.1) is 0 Å². The Labute approximate surface area is 93.0 Å². The number of halogens is 2. The number of alkyl halides is 2. The molecule has 0 aliphatic heterocycles. The first-order chi connectivity index (χ1) is 7.68. The van der Waals surface area contributed by atoms with Crippen LogP contribution in [0.25, 0.3) is 0 Å². The van der Waals surface area contributed by atoms with Gasteiger partial charge in [-0.15, -0.1) is 0 Å². The molecule has 0 bridgehead atoms. The molecule has 3 nitrogen and oxygen atoms in total. The molecule has 0 fully saturated rings. The largest absolute Gasteiger partial charge is 0.491 e. The van der Waals surface area contributed by atoms with Crippen molar-refractivity contribution in [3.05, 3.63) is 30.3 Å². The molecule has 0 radical (unpaired) electrons. The average molecular weight is 231 g/mol. The summed E-state index contributed by atoms with van der Waals surface area (Å²) in [5, 5.41) is 11.8. The fourth-order valence-electron chi connectivity index (χ4n) is 1.13. The molecule has 2 N–H and O–H groups in total. The SMILES string of the molecule is OC(CNCC(F)F)COc1ccccc1. The standard InChI is InChI=1S/C11H15F2NO2/c12-11(13)7-14-6-9(15)8-16-10-4-2-1-3-5-10/h1-5,9,11,14-15H,6-8H2. The number of aliphatic hydroxyl groups is 1. The molecule has 0 heterocycles. The minimum atomic E-state index is -2.40. The molecule has 16 heavy (non-hydrogen) atoms. The monoisotopic (exact) mass is 231 g/mol. The molecule has 1 aromatic carbocycles. The van der Waals surface area contributed by atoms with E-state index >= 15 is 0 Å². The third-order valence-corrected chi connectivity index (χ3v) is 1.86. The molecular weight excluding hydrogens is 216 g/mol. The second-order valence-electron chi connectivity index (χ2n) is 3.33. The highest BCUT2D eigenvalue weighted by Gasteiger charge is 2.07. The second-order valence-corrected chi connectivity index (χ2v) is 3.33. The topological polar surface area (TPSA) is 41.5 Å². The summed E-state index contributed by atoms with van der Waals surface area (Å²) in [6, 6.07) is 9.01. The molecule has 1 aromatic rings. The van der Waals surface area contributed by atoms with Crippen molar-refractivity contribution >= 4 is 0 Å². The van der Waals surface area contributed by atoms with Gasteiger partial charge in [0.1, 0.15) is 18.5 Å². The van der Waals surface area contributed by atoms with E-state index in [1.807, 2.05) is 18.2 Å². The third kappa shape index (κ3) is 5.63. The van der Waals surface area contributed by atoms with Crippen LogP contribution >= 0.6 is 0 Å². The first-order valence-electron chi connectivity index (χ1n) is 5.03. The van der Waals surface area contributed by atoms with Gasteiger partial charge in [-0.2, -0.15) is 0 Å². The van der Waals surface area contributed by atoms with Gasteiger partial charge in [-0.1, -0.05) is 18.2 Å². The lowest BCUT2D eigenvalue weighted by atomic mass is 10.3. The van der Waals surface area contributed by atoms with Crippen LogP contribution in [-0.4, -0.2) is 37.3 Å². The van der Waals surface area contributed by atoms with Crippen LogP contribution in [0.4, 0.5) is 8.78 Å². The Hall–Kier alpha value is -1.20. The van der Waals surface area contributed by atoms with Crippen molar-refractivity contribution < 1.29 is 18.6 Å². The molecule has 1 rings (SSSR count). The first kappa shape index (κ1) is 12.9. The van der Waals surface area contributed by atoms with Crippen molar-refractivity contribution in [3.8, 4) is 5.75 Å². The predicted molar refractivity (Wildman–Crippen MR) is 56.8 cm³/mol. The molecule has 5 heteroatoms. The summed E-state index contributed by atoms with van der Waals surface area (Å²) in [7, 11) is 0. The molecule has 0 amide bonds. The number of hydrogen-bond donors (Lipinski definition) is 2. The van der Waals surface area contributed by atoms with Gasteiger partial charge >= 0.3 is 0 Å². The van der Waals surface area contributed by atoms with E-state index in [0.29, 0.717) is 5.75 Å². The van der Waals surface area contributed by atoms with Gasteiger partial charge in [-0.3, -0.25) is 0 Å². The lowest BCUT2D eigenvalue weighted by Crippen LogP contribution is -2.33. The molecular formula is C11H15F2NO2. The zero-order valence-corrected chi connectivity index (χ0v) is 8.77. The van der Waals surface area contributed by atoms with Gasteiger partial charge in [-0.25, -0.2) is 8.78 Å². The van der Waals surface area contributed by atoms with Gasteiger partial charge in [0.2, 0.25) is 0 Å². The Bertz CT molecular complexity index is 283. The molecule has 1 unspecified atom stereocenters. The minimum Gasteiger partial charge on any atom is -0.491 e. The van der Waals surface area contributed by atoms with Crippen molar-refractivity contribution in [2.24, 2.45) is 0 Å². The van der Waals surface area contributed by atoms with Gasteiger partial charge in [0.15, 0.2) is 0 Å². The highest BCUT2D eigenvalue weighted by atomic mass is 19.3. The first-order valence-corrected chi connectivity index (χ1v) is 5.03. The van der Waals surface area contributed by atoms with Gasteiger partial charge in [0.25, 0.3) is 6.43 Å². The van der Waals surface area contributed by atoms with E-state index in [9.17, 15) is 13.9 Å². The average Bonchev–Trinajstić information content (AvgIpc) is 2.27. The van der Waals surface area contributed by atoms with Crippen LogP contribution < -0.4 is 10.1 Å². The van der Waals surface area contributed by atoms with Gasteiger partial charge in [0, 0.05) is 6.54 Å². The molecule has 0 aliphatic carbocycles. The van der Waals surface area contributed by atoms with Crippen molar-refractivity contribution in [1.29, 1.82) is 0 Å². The van der Waals surface area contributed by atoms with Crippen LogP contribution in [0.1, 0.15) is 0 Å². The van der Waals surface area contributed by atoms with E-state index in [4.69, 9.17) is 4.74 Å². The number of aliphatic hydroxyl groups excluding tert-OH is 1. The Morgan fingerprint density at radius 2 is 1.88 bits per heavy atom. The van der Waals surface area contributed by atoms with E-state index in [1.165, 1.54) is 0 Å². The summed E-state index contributed by atoms with van der Waals surface area (Å²) in [6.45, 7) is -0.236. The molecule has 0 aromatic heterocycles. The summed E-state index contributed by atoms with van der Waals surface area (Å²) in [4.78, 5) is 0. The molecule has 0 aliphatic rings. The number of nitrogens with one attached hydrogen (secondary N) is 1. The van der Waals surface area contributed by atoms with E-state index in [1.54, 1.807) is 12.1 Å². The molecule has 0 saturated heterocycles. The maximum Gasteiger partial charge on any atom is 0.250 e. The highest BCUT2D eigenvalue weighted by molar-refractivity contribution is 5.20. The maximum absolute atomic E-state index is 11.8. The quantitative estimate of drug-likeness (QED) is 0.742. The summed E-state index contributed by atoms with van der Waals surface area (Å²) < 4.78 is 28.8.